The number of hydrogen-bond donors (Lipinski definition) is 0. The number of methoxy groups -OCH3 is 1. The normalized spacial score (nSPS) is 15.6. The molecule has 1 saturated carbocycles. The second-order valence-electron chi connectivity index (χ2n) is 10.3. The number of Topliss-reactive ketones (excluding diaryl/α,β-unsaturated/α-hetero) is 1. The molecule has 2 heterocycles. The molecule has 4 aromatic rings. The molecule has 6 rings (SSSR count). The summed E-state index contributed by atoms with van der Waals surface area (Å²) >= 11 is 0. The second-order valence-corrected chi connectivity index (χ2v) is 10.3. The smallest absolute Gasteiger partial charge is 0.337 e. The van der Waals surface area contributed by atoms with Gasteiger partial charge in [0.05, 0.1) is 24.9 Å². The first kappa shape index (κ1) is 25.9. The summed E-state index contributed by atoms with van der Waals surface area (Å²) in [4.78, 5) is 23.6. The summed E-state index contributed by atoms with van der Waals surface area (Å²) in [6.45, 7) is 5.04. The van der Waals surface area contributed by atoms with Crippen LogP contribution in [0, 0.1) is 6.92 Å². The molecule has 3 aromatic carbocycles. The quantitative estimate of drug-likeness (QED) is 0.213. The summed E-state index contributed by atoms with van der Waals surface area (Å²) in [5.74, 6) is -0.272. The Bertz CT molecular complexity index is 1450. The Morgan fingerprint density at radius 2 is 1.61 bits per heavy atom. The van der Waals surface area contributed by atoms with Gasteiger partial charge in [-0.1, -0.05) is 73.9 Å². The summed E-state index contributed by atoms with van der Waals surface area (Å²) < 4.78 is 12.9. The Balaban J connectivity index is 0.000000177. The van der Waals surface area contributed by atoms with Crippen molar-refractivity contribution in [1.82, 2.24) is 4.57 Å². The minimum atomic E-state index is -0.344. The molecule has 5 nitrogen and oxygen atoms in total. The minimum Gasteiger partial charge on any atom is -0.465 e. The van der Waals surface area contributed by atoms with Crippen LogP contribution in [0.5, 0.6) is 0 Å². The van der Waals surface area contributed by atoms with Crippen LogP contribution in [0.3, 0.4) is 0 Å². The van der Waals surface area contributed by atoms with Crippen LogP contribution < -0.4 is 0 Å². The van der Waals surface area contributed by atoms with Crippen LogP contribution >= 0.6 is 0 Å². The van der Waals surface area contributed by atoms with Crippen LogP contribution in [0.15, 0.2) is 72.8 Å². The van der Waals surface area contributed by atoms with Crippen LogP contribution in [0.1, 0.15) is 82.1 Å². The third-order valence-electron chi connectivity index (χ3n) is 7.97. The predicted molar refractivity (Wildman–Crippen MR) is 150 cm³/mol. The van der Waals surface area contributed by atoms with E-state index in [0.29, 0.717) is 12.1 Å². The molecule has 0 unspecified atom stereocenters. The van der Waals surface area contributed by atoms with Gasteiger partial charge in [0.15, 0.2) is 5.78 Å². The molecule has 0 atom stereocenters. The molecule has 0 N–H and O–H groups in total. The summed E-state index contributed by atoms with van der Waals surface area (Å²) in [6, 6.07) is 24.0. The average Bonchev–Trinajstić information content (AvgIpc) is 3.44. The first-order valence-corrected chi connectivity index (χ1v) is 13.4. The lowest BCUT2D eigenvalue weighted by Gasteiger charge is -2.33. The van der Waals surface area contributed by atoms with Gasteiger partial charge < -0.3 is 14.0 Å². The van der Waals surface area contributed by atoms with E-state index < -0.39 is 0 Å². The van der Waals surface area contributed by atoms with E-state index in [9.17, 15) is 9.59 Å². The third-order valence-corrected chi connectivity index (χ3v) is 7.97. The fourth-order valence-corrected chi connectivity index (χ4v) is 6.05. The molecular weight excluding hydrogens is 474 g/mol. The van der Waals surface area contributed by atoms with Crippen LogP contribution in [0.25, 0.3) is 10.9 Å². The number of aromatic nitrogens is 1. The number of rotatable bonds is 4. The van der Waals surface area contributed by atoms with E-state index in [1.165, 1.54) is 50.3 Å². The number of nitrogens with zero attached hydrogens (tertiary/aromatic N) is 1. The lowest BCUT2D eigenvalue weighted by molar-refractivity contribution is -0.0637. The number of esters is 1. The zero-order chi connectivity index (χ0) is 26.7. The first-order chi connectivity index (χ1) is 18.4. The lowest BCUT2D eigenvalue weighted by atomic mass is 9.79. The van der Waals surface area contributed by atoms with Crippen LogP contribution in [-0.2, 0) is 28.2 Å². The molecule has 0 saturated heterocycles. The fourth-order valence-electron chi connectivity index (χ4n) is 6.05. The Kier molecular flexibility index (Phi) is 7.48. The van der Waals surface area contributed by atoms with Crippen molar-refractivity contribution in [2.24, 2.45) is 0 Å². The van der Waals surface area contributed by atoms with E-state index in [0.717, 1.165) is 34.3 Å². The van der Waals surface area contributed by atoms with Crippen molar-refractivity contribution in [2.45, 2.75) is 64.7 Å². The van der Waals surface area contributed by atoms with Crippen LogP contribution in [0.2, 0.25) is 0 Å². The van der Waals surface area contributed by atoms with Gasteiger partial charge in [-0.3, -0.25) is 4.79 Å². The topological polar surface area (TPSA) is 57.5 Å². The van der Waals surface area contributed by atoms with Crippen molar-refractivity contribution in [1.29, 1.82) is 0 Å². The van der Waals surface area contributed by atoms with Gasteiger partial charge in [0.2, 0.25) is 0 Å². The molecule has 0 radical (unpaired) electrons. The number of benzene rings is 3. The molecule has 1 fully saturated rings. The van der Waals surface area contributed by atoms with Crippen LogP contribution in [-0.4, -0.2) is 23.4 Å². The van der Waals surface area contributed by atoms with Crippen molar-refractivity contribution >= 4 is 22.7 Å². The van der Waals surface area contributed by atoms with E-state index >= 15 is 0 Å². The summed E-state index contributed by atoms with van der Waals surface area (Å²) in [7, 11) is 1.37. The number of carbonyl (C=O) groups excluding carboxylic acids is 2. The van der Waals surface area contributed by atoms with E-state index in [1.54, 1.807) is 19.1 Å². The summed E-state index contributed by atoms with van der Waals surface area (Å²) in [5, 5.41) is 0.980. The van der Waals surface area contributed by atoms with Gasteiger partial charge in [-0.2, -0.15) is 0 Å². The zero-order valence-electron chi connectivity index (χ0n) is 22.5. The predicted octanol–water partition coefficient (Wildman–Crippen LogP) is 7.36. The van der Waals surface area contributed by atoms with E-state index in [2.05, 4.69) is 28.8 Å². The highest BCUT2D eigenvalue weighted by molar-refractivity contribution is 6.08. The van der Waals surface area contributed by atoms with E-state index in [4.69, 9.17) is 9.47 Å². The zero-order valence-corrected chi connectivity index (χ0v) is 22.5. The minimum absolute atomic E-state index is 0.0727. The molecular formula is C33H35NO4. The largest absolute Gasteiger partial charge is 0.465 e. The van der Waals surface area contributed by atoms with Gasteiger partial charge in [0, 0.05) is 28.7 Å². The SMILES string of the molecule is COC(=O)c1ccc(Cn2c(C)c(C(C)=O)c3ccccc32)cc1.c1ccc2c(c1)COC21CCCCC1. The van der Waals surface area contributed by atoms with Crippen molar-refractivity contribution in [3.63, 3.8) is 0 Å². The third kappa shape index (κ3) is 4.91. The molecule has 1 aliphatic carbocycles. The molecule has 5 heteroatoms. The molecule has 38 heavy (non-hydrogen) atoms. The van der Waals surface area contributed by atoms with E-state index in [-0.39, 0.29) is 17.4 Å². The molecule has 0 bridgehead atoms. The molecule has 1 aliphatic heterocycles. The van der Waals surface area contributed by atoms with Gasteiger partial charge in [-0.15, -0.1) is 0 Å². The van der Waals surface area contributed by atoms with E-state index in [1.807, 2.05) is 43.3 Å². The summed E-state index contributed by atoms with van der Waals surface area (Å²) in [5.41, 5.74) is 7.35. The number of ether oxygens (including phenoxy) is 2. The molecule has 2 aliphatic rings. The number of ketones is 1. The molecule has 196 valence electrons. The Labute approximate surface area is 224 Å². The number of fused-ring (bicyclic) bond motifs is 3. The first-order valence-electron chi connectivity index (χ1n) is 13.4. The van der Waals surface area contributed by atoms with Gasteiger partial charge in [-0.25, -0.2) is 4.79 Å². The van der Waals surface area contributed by atoms with Gasteiger partial charge >= 0.3 is 5.97 Å². The highest BCUT2D eigenvalue weighted by Gasteiger charge is 2.40. The van der Waals surface area contributed by atoms with Gasteiger partial charge in [-0.05, 0) is 61.6 Å². The van der Waals surface area contributed by atoms with Crippen molar-refractivity contribution in [3.8, 4) is 0 Å². The fraction of sp³-hybridized carbons (Fsp3) is 0.333. The molecule has 1 spiro atoms. The molecule has 1 aromatic heterocycles. The number of para-hydroxylation sites is 1. The van der Waals surface area contributed by atoms with Crippen molar-refractivity contribution < 1.29 is 19.1 Å². The lowest BCUT2D eigenvalue weighted by Crippen LogP contribution is -2.27. The highest BCUT2D eigenvalue weighted by atomic mass is 16.5. The summed E-state index contributed by atoms with van der Waals surface area (Å²) in [6.07, 6.45) is 6.49. The maximum absolute atomic E-state index is 12.0. The monoisotopic (exact) mass is 509 g/mol. The molecule has 0 amide bonds. The highest BCUT2D eigenvalue weighted by Crippen LogP contribution is 2.46. The van der Waals surface area contributed by atoms with Crippen molar-refractivity contribution in [2.75, 3.05) is 7.11 Å². The Hall–Kier alpha value is -3.70. The van der Waals surface area contributed by atoms with Crippen LogP contribution in [0.4, 0.5) is 0 Å². The Morgan fingerprint density at radius 1 is 0.921 bits per heavy atom. The average molecular weight is 510 g/mol. The number of carbonyl (C=O) groups is 2. The number of hydrogen-bond acceptors (Lipinski definition) is 4. The van der Waals surface area contributed by atoms with Crippen molar-refractivity contribution in [3.05, 3.63) is 106 Å². The second kappa shape index (κ2) is 11.0. The Morgan fingerprint density at radius 3 is 2.32 bits per heavy atom. The van der Waals surface area contributed by atoms with Gasteiger partial charge in [0.1, 0.15) is 0 Å². The maximum Gasteiger partial charge on any atom is 0.337 e. The standard InChI is InChI=1S/C20H19NO3.C13H16O/c1-13-19(14(2)22)17-6-4-5-7-18(17)21(13)12-15-8-10-16(11-9-15)20(23)24-3;1-4-8-13(9-5-1)12-7-3-2-6-11(12)10-14-13/h4-11H,12H2,1-3H3;2-3,6-7H,1,4-5,8-10H2. The maximum atomic E-state index is 12.0. The van der Waals surface area contributed by atoms with Gasteiger partial charge in [0.25, 0.3) is 0 Å².